The number of carbonyl (C=O) groups excluding carboxylic acids is 2. The summed E-state index contributed by atoms with van der Waals surface area (Å²) in [6.07, 6.45) is 0. The Kier molecular flexibility index (Phi) is 7.44. The zero-order chi connectivity index (χ0) is 25.8. The van der Waals surface area contributed by atoms with Crippen LogP contribution in [0.2, 0.25) is 0 Å². The number of aliphatic hydroxyl groups excluding tert-OH is 1. The highest BCUT2D eigenvalue weighted by Gasteiger charge is 2.47. The van der Waals surface area contributed by atoms with Crippen molar-refractivity contribution < 1.29 is 19.4 Å². The van der Waals surface area contributed by atoms with Crippen LogP contribution in [0.25, 0.3) is 5.76 Å². The van der Waals surface area contributed by atoms with Crippen molar-refractivity contribution in [2.75, 3.05) is 29.5 Å². The molecule has 6 heteroatoms. The third-order valence-electron chi connectivity index (χ3n) is 6.60. The topological polar surface area (TPSA) is 70.1 Å². The average Bonchev–Trinajstić information content (AvgIpc) is 3.15. The van der Waals surface area contributed by atoms with Crippen molar-refractivity contribution >= 4 is 28.8 Å². The third kappa shape index (κ3) is 4.59. The maximum Gasteiger partial charge on any atom is 0.300 e. The Morgan fingerprint density at radius 1 is 0.944 bits per heavy atom. The molecule has 0 aliphatic carbocycles. The first kappa shape index (κ1) is 25.0. The second kappa shape index (κ2) is 10.7. The van der Waals surface area contributed by atoms with Crippen LogP contribution in [0.3, 0.4) is 0 Å². The molecule has 1 aliphatic heterocycles. The second-order valence-corrected chi connectivity index (χ2v) is 8.68. The molecular formula is C30H32N2O4. The van der Waals surface area contributed by atoms with Crippen molar-refractivity contribution in [1.29, 1.82) is 0 Å². The van der Waals surface area contributed by atoms with Gasteiger partial charge in [-0.1, -0.05) is 36.4 Å². The first-order valence-corrected chi connectivity index (χ1v) is 12.4. The number of Topliss-reactive ketones (excluding diaryl/α,β-unsaturated/α-hetero) is 1. The largest absolute Gasteiger partial charge is 0.507 e. The molecule has 0 radical (unpaired) electrons. The van der Waals surface area contributed by atoms with Gasteiger partial charge in [0, 0.05) is 30.0 Å². The van der Waals surface area contributed by atoms with Crippen LogP contribution in [0.4, 0.5) is 11.4 Å². The molecule has 1 saturated heterocycles. The maximum absolute atomic E-state index is 13.4. The van der Waals surface area contributed by atoms with E-state index in [0.717, 1.165) is 29.9 Å². The molecule has 6 nitrogen and oxygen atoms in total. The van der Waals surface area contributed by atoms with Gasteiger partial charge in [-0.05, 0) is 75.2 Å². The monoisotopic (exact) mass is 484 g/mol. The third-order valence-corrected chi connectivity index (χ3v) is 6.60. The molecule has 0 bridgehead atoms. The highest BCUT2D eigenvalue weighted by molar-refractivity contribution is 6.51. The normalized spacial score (nSPS) is 16.9. The van der Waals surface area contributed by atoms with Crippen LogP contribution in [0.1, 0.15) is 43.5 Å². The lowest BCUT2D eigenvalue weighted by Gasteiger charge is -2.27. The molecular weight excluding hydrogens is 452 g/mol. The van der Waals surface area contributed by atoms with Gasteiger partial charge in [-0.15, -0.1) is 0 Å². The molecule has 1 aliphatic rings. The minimum atomic E-state index is -0.763. The van der Waals surface area contributed by atoms with E-state index in [1.165, 1.54) is 4.90 Å². The molecule has 1 atom stereocenters. The number of rotatable bonds is 8. The number of carbonyl (C=O) groups is 2. The van der Waals surface area contributed by atoms with Gasteiger partial charge in [0.2, 0.25) is 0 Å². The van der Waals surface area contributed by atoms with E-state index < -0.39 is 17.7 Å². The van der Waals surface area contributed by atoms with Gasteiger partial charge in [-0.25, -0.2) is 0 Å². The molecule has 0 spiro atoms. The van der Waals surface area contributed by atoms with Gasteiger partial charge in [0.15, 0.2) is 0 Å². The number of amides is 1. The standard InChI is InChI=1S/C30H32N2O4/c1-5-31(6-2)22-15-17-23(18-16-22)32-27(25-14-9-8-11-20(25)4)26(29(34)30(32)35)28(33)21-12-10-13-24(19-21)36-7-3/h8-19,27,33H,5-7H2,1-4H3/b28-26+. The smallest absolute Gasteiger partial charge is 0.300 e. The highest BCUT2D eigenvalue weighted by atomic mass is 16.5. The number of hydrogen-bond donors (Lipinski definition) is 1. The fourth-order valence-corrected chi connectivity index (χ4v) is 4.75. The van der Waals surface area contributed by atoms with E-state index in [2.05, 4.69) is 18.7 Å². The lowest BCUT2D eigenvalue weighted by Crippen LogP contribution is -2.30. The molecule has 3 aromatic carbocycles. The van der Waals surface area contributed by atoms with Crippen molar-refractivity contribution in [1.82, 2.24) is 0 Å². The van der Waals surface area contributed by atoms with E-state index in [9.17, 15) is 14.7 Å². The zero-order valence-corrected chi connectivity index (χ0v) is 21.2. The summed E-state index contributed by atoms with van der Waals surface area (Å²) in [5.74, 6) is -1.02. The SMILES string of the molecule is CCOc1cccc(/C(O)=C2\C(=O)C(=O)N(c3ccc(N(CC)CC)cc3)C2c2ccccc2C)c1. The molecule has 0 aromatic heterocycles. The molecule has 1 amide bonds. The highest BCUT2D eigenvalue weighted by Crippen LogP contribution is 2.43. The van der Waals surface area contributed by atoms with Crippen molar-refractivity contribution in [3.8, 4) is 5.75 Å². The Bertz CT molecular complexity index is 1290. The molecule has 1 unspecified atom stereocenters. The summed E-state index contributed by atoms with van der Waals surface area (Å²) in [7, 11) is 0. The Balaban J connectivity index is 1.88. The summed E-state index contributed by atoms with van der Waals surface area (Å²) < 4.78 is 5.58. The Morgan fingerprint density at radius 3 is 2.28 bits per heavy atom. The lowest BCUT2D eigenvalue weighted by molar-refractivity contribution is -0.132. The van der Waals surface area contributed by atoms with Crippen LogP contribution in [0, 0.1) is 6.92 Å². The first-order chi connectivity index (χ1) is 17.4. The maximum atomic E-state index is 13.4. The van der Waals surface area contributed by atoms with Gasteiger partial charge in [0.25, 0.3) is 11.7 Å². The van der Waals surface area contributed by atoms with Crippen LogP contribution < -0.4 is 14.5 Å². The Labute approximate surface area is 212 Å². The number of benzene rings is 3. The van der Waals surface area contributed by atoms with E-state index in [1.54, 1.807) is 24.3 Å². The second-order valence-electron chi connectivity index (χ2n) is 8.68. The Morgan fingerprint density at radius 2 is 1.64 bits per heavy atom. The summed E-state index contributed by atoms with van der Waals surface area (Å²) in [6, 6.07) is 21.4. The molecule has 4 rings (SSSR count). The van der Waals surface area contributed by atoms with E-state index in [0.29, 0.717) is 23.6 Å². The summed E-state index contributed by atoms with van der Waals surface area (Å²) in [5.41, 5.74) is 3.84. The number of anilines is 2. The van der Waals surface area contributed by atoms with Crippen LogP contribution in [0.15, 0.2) is 78.4 Å². The van der Waals surface area contributed by atoms with Gasteiger partial charge in [0.1, 0.15) is 11.5 Å². The van der Waals surface area contributed by atoms with Crippen molar-refractivity contribution in [2.45, 2.75) is 33.7 Å². The van der Waals surface area contributed by atoms with Gasteiger partial charge < -0.3 is 14.7 Å². The number of hydrogen-bond acceptors (Lipinski definition) is 5. The predicted molar refractivity (Wildman–Crippen MR) is 144 cm³/mol. The van der Waals surface area contributed by atoms with Crippen LogP contribution in [-0.4, -0.2) is 36.5 Å². The van der Waals surface area contributed by atoms with E-state index in [4.69, 9.17) is 4.74 Å². The molecule has 186 valence electrons. The van der Waals surface area contributed by atoms with Crippen molar-refractivity contribution in [2.24, 2.45) is 0 Å². The fraction of sp³-hybridized carbons (Fsp3) is 0.267. The molecule has 1 N–H and O–H groups in total. The number of aryl methyl sites for hydroxylation is 1. The van der Waals surface area contributed by atoms with Crippen LogP contribution in [-0.2, 0) is 9.59 Å². The Hall–Kier alpha value is -4.06. The average molecular weight is 485 g/mol. The summed E-state index contributed by atoms with van der Waals surface area (Å²) in [4.78, 5) is 30.6. The van der Waals surface area contributed by atoms with E-state index in [-0.39, 0.29) is 11.3 Å². The number of aliphatic hydroxyl groups is 1. The lowest BCUT2D eigenvalue weighted by atomic mass is 9.92. The number of ketones is 1. The molecule has 1 heterocycles. The van der Waals surface area contributed by atoms with Gasteiger partial charge >= 0.3 is 0 Å². The van der Waals surface area contributed by atoms with E-state index in [1.807, 2.05) is 62.4 Å². The minimum Gasteiger partial charge on any atom is -0.507 e. The molecule has 36 heavy (non-hydrogen) atoms. The summed E-state index contributed by atoms with van der Waals surface area (Å²) >= 11 is 0. The van der Waals surface area contributed by atoms with Crippen LogP contribution in [0.5, 0.6) is 5.75 Å². The summed E-state index contributed by atoms with van der Waals surface area (Å²) in [5, 5.41) is 11.4. The fourth-order valence-electron chi connectivity index (χ4n) is 4.75. The molecule has 1 fully saturated rings. The van der Waals surface area contributed by atoms with Gasteiger partial charge in [0.05, 0.1) is 18.2 Å². The van der Waals surface area contributed by atoms with Crippen LogP contribution >= 0.6 is 0 Å². The minimum absolute atomic E-state index is 0.0655. The van der Waals surface area contributed by atoms with Crippen molar-refractivity contribution in [3.63, 3.8) is 0 Å². The zero-order valence-electron chi connectivity index (χ0n) is 21.2. The quantitative estimate of drug-likeness (QED) is 0.246. The molecule has 3 aromatic rings. The summed E-state index contributed by atoms with van der Waals surface area (Å²) in [6.45, 7) is 10.2. The van der Waals surface area contributed by atoms with Gasteiger partial charge in [-0.3, -0.25) is 14.5 Å². The number of ether oxygens (including phenoxy) is 1. The van der Waals surface area contributed by atoms with Crippen molar-refractivity contribution in [3.05, 3.63) is 95.1 Å². The predicted octanol–water partition coefficient (Wildman–Crippen LogP) is 5.87. The first-order valence-electron chi connectivity index (χ1n) is 12.4. The van der Waals surface area contributed by atoms with Gasteiger partial charge in [-0.2, -0.15) is 0 Å². The van der Waals surface area contributed by atoms with E-state index >= 15 is 0 Å². The molecule has 0 saturated carbocycles. The number of nitrogens with zero attached hydrogens (tertiary/aromatic N) is 2.